The molecule has 2 aliphatic rings. The molecule has 0 unspecified atom stereocenters. The van der Waals surface area contributed by atoms with Crippen LogP contribution in [0.2, 0.25) is 0 Å². The van der Waals surface area contributed by atoms with Crippen molar-refractivity contribution < 1.29 is 29.0 Å². The quantitative estimate of drug-likeness (QED) is 0.517. The molecule has 0 bridgehead atoms. The molecule has 2 aromatic carbocycles. The predicted octanol–water partition coefficient (Wildman–Crippen LogP) is 4.57. The van der Waals surface area contributed by atoms with Crippen molar-refractivity contribution in [2.45, 2.75) is 58.2 Å². The Bertz CT molecular complexity index is 1190. The van der Waals surface area contributed by atoms with Crippen LogP contribution in [0.3, 0.4) is 0 Å². The van der Waals surface area contributed by atoms with Gasteiger partial charge in [-0.25, -0.2) is 9.59 Å². The van der Waals surface area contributed by atoms with Gasteiger partial charge in [0.15, 0.2) is 0 Å². The zero-order valence-corrected chi connectivity index (χ0v) is 23.3. The minimum Gasteiger partial charge on any atom is -0.490 e. The summed E-state index contributed by atoms with van der Waals surface area (Å²) in [5.74, 6) is 0.308. The third-order valence-corrected chi connectivity index (χ3v) is 7.98. The van der Waals surface area contributed by atoms with E-state index in [1.807, 2.05) is 26.1 Å². The number of anilines is 1. The van der Waals surface area contributed by atoms with E-state index in [-0.39, 0.29) is 24.0 Å². The highest BCUT2D eigenvalue weighted by molar-refractivity contribution is 5.94. The van der Waals surface area contributed by atoms with Crippen LogP contribution in [-0.2, 0) is 16.1 Å². The predicted molar refractivity (Wildman–Crippen MR) is 148 cm³/mol. The van der Waals surface area contributed by atoms with Gasteiger partial charge >= 0.3 is 12.1 Å². The molecule has 0 spiro atoms. The van der Waals surface area contributed by atoms with Crippen LogP contribution < -0.4 is 9.64 Å². The molecule has 1 saturated carbocycles. The number of rotatable bonds is 7. The molecule has 39 heavy (non-hydrogen) atoms. The summed E-state index contributed by atoms with van der Waals surface area (Å²) in [7, 11) is 3.19. The lowest BCUT2D eigenvalue weighted by molar-refractivity contribution is -0.123. The largest absolute Gasteiger partial charge is 0.490 e. The number of amides is 2. The lowest BCUT2D eigenvalue weighted by Crippen LogP contribution is -2.53. The number of benzene rings is 2. The molecule has 1 heterocycles. The van der Waals surface area contributed by atoms with Gasteiger partial charge < -0.3 is 24.4 Å². The summed E-state index contributed by atoms with van der Waals surface area (Å²) in [6.45, 7) is 6.69. The van der Waals surface area contributed by atoms with Gasteiger partial charge in [0, 0.05) is 50.9 Å². The highest BCUT2D eigenvalue weighted by Crippen LogP contribution is 2.31. The number of carbonyl (C=O) groups is 3. The van der Waals surface area contributed by atoms with Gasteiger partial charge in [0.25, 0.3) is 0 Å². The van der Waals surface area contributed by atoms with E-state index in [1.54, 1.807) is 23.1 Å². The zero-order chi connectivity index (χ0) is 28.1. The summed E-state index contributed by atoms with van der Waals surface area (Å²) in [6.07, 6.45) is 2.20. The Kier molecular flexibility index (Phi) is 9.12. The molecular weight excluding hydrogens is 498 g/mol. The number of nitrogens with zero attached hydrogens (tertiary/aromatic N) is 3. The molecule has 1 saturated heterocycles. The molecule has 1 aliphatic heterocycles. The van der Waals surface area contributed by atoms with Crippen molar-refractivity contribution in [3.05, 3.63) is 59.2 Å². The summed E-state index contributed by atoms with van der Waals surface area (Å²) >= 11 is 0. The van der Waals surface area contributed by atoms with E-state index < -0.39 is 12.1 Å². The van der Waals surface area contributed by atoms with Gasteiger partial charge in [-0.05, 0) is 81.0 Å². The maximum Gasteiger partial charge on any atom is 0.407 e. The van der Waals surface area contributed by atoms with Gasteiger partial charge in [0.1, 0.15) is 5.75 Å². The third-order valence-electron chi connectivity index (χ3n) is 7.98. The summed E-state index contributed by atoms with van der Waals surface area (Å²) in [5.41, 5.74) is 3.64. The SMILES string of the molecule is COC(=O)c1cccc(OC2CCC(C(=O)N(C)c3ccc(CN4CCN(C(=O)O)[C@@H](C)C4)c(C)c3)CC2)c1. The molecule has 1 aliphatic carbocycles. The van der Waals surface area contributed by atoms with Crippen molar-refractivity contribution in [1.29, 1.82) is 0 Å². The van der Waals surface area contributed by atoms with Crippen molar-refractivity contribution in [2.75, 3.05) is 38.7 Å². The van der Waals surface area contributed by atoms with Crippen molar-refractivity contribution in [1.82, 2.24) is 9.80 Å². The van der Waals surface area contributed by atoms with E-state index in [1.165, 1.54) is 17.6 Å². The Morgan fingerprint density at radius 2 is 1.79 bits per heavy atom. The fourth-order valence-electron chi connectivity index (χ4n) is 5.60. The average molecular weight is 538 g/mol. The van der Waals surface area contributed by atoms with E-state index in [4.69, 9.17) is 9.47 Å². The van der Waals surface area contributed by atoms with Crippen molar-refractivity contribution in [3.63, 3.8) is 0 Å². The van der Waals surface area contributed by atoms with E-state index in [9.17, 15) is 19.5 Å². The average Bonchev–Trinajstić information content (AvgIpc) is 2.93. The molecule has 9 nitrogen and oxygen atoms in total. The number of piperazine rings is 1. The number of esters is 1. The highest BCUT2D eigenvalue weighted by atomic mass is 16.5. The third kappa shape index (κ3) is 6.89. The summed E-state index contributed by atoms with van der Waals surface area (Å²) in [5, 5.41) is 9.31. The molecule has 2 fully saturated rings. The van der Waals surface area contributed by atoms with Crippen LogP contribution in [0.1, 0.15) is 54.1 Å². The van der Waals surface area contributed by atoms with E-state index in [0.717, 1.165) is 43.5 Å². The lowest BCUT2D eigenvalue weighted by Gasteiger charge is -2.38. The van der Waals surface area contributed by atoms with Gasteiger partial charge in [-0.2, -0.15) is 0 Å². The van der Waals surface area contributed by atoms with Crippen LogP contribution in [0.15, 0.2) is 42.5 Å². The Morgan fingerprint density at radius 1 is 1.05 bits per heavy atom. The molecule has 9 heteroatoms. The molecule has 210 valence electrons. The molecule has 2 amide bonds. The normalized spacial score (nSPS) is 21.7. The number of carbonyl (C=O) groups excluding carboxylic acids is 2. The Labute approximate surface area is 230 Å². The summed E-state index contributed by atoms with van der Waals surface area (Å²) < 4.78 is 10.9. The molecule has 1 N–H and O–H groups in total. The van der Waals surface area contributed by atoms with Crippen LogP contribution in [0.4, 0.5) is 10.5 Å². The number of methoxy groups -OCH3 is 1. The zero-order valence-electron chi connectivity index (χ0n) is 23.3. The standard InChI is InChI=1S/C30H39N3O6/c1-20-16-25(11-8-24(20)19-32-14-15-33(30(36)37)21(2)18-32)31(3)28(34)22-9-12-26(13-10-22)39-27-7-5-6-23(17-27)29(35)38-4/h5-8,11,16-17,21-22,26H,9-10,12-15,18-19H2,1-4H3,(H,36,37)/t21-,22?,26?/m0/s1. The van der Waals surface area contributed by atoms with Gasteiger partial charge in [0.05, 0.1) is 18.8 Å². The Hall–Kier alpha value is -3.59. The minimum absolute atomic E-state index is 0.00821. The Balaban J connectivity index is 1.29. The van der Waals surface area contributed by atoms with E-state index in [2.05, 4.69) is 24.0 Å². The van der Waals surface area contributed by atoms with Gasteiger partial charge in [0.2, 0.25) is 5.91 Å². The second kappa shape index (κ2) is 12.5. The number of ether oxygens (including phenoxy) is 2. The first kappa shape index (κ1) is 28.4. The van der Waals surface area contributed by atoms with E-state index in [0.29, 0.717) is 30.9 Å². The van der Waals surface area contributed by atoms with Crippen LogP contribution in [0.25, 0.3) is 0 Å². The molecular formula is C30H39N3O6. The van der Waals surface area contributed by atoms with Gasteiger partial charge in [-0.1, -0.05) is 12.1 Å². The maximum atomic E-state index is 13.3. The van der Waals surface area contributed by atoms with Crippen LogP contribution in [0, 0.1) is 12.8 Å². The minimum atomic E-state index is -0.859. The van der Waals surface area contributed by atoms with Crippen molar-refractivity contribution in [2.24, 2.45) is 5.92 Å². The Morgan fingerprint density at radius 3 is 2.44 bits per heavy atom. The fourth-order valence-corrected chi connectivity index (χ4v) is 5.60. The van der Waals surface area contributed by atoms with Crippen LogP contribution in [-0.4, -0.2) is 78.8 Å². The molecule has 1 atom stereocenters. The number of aryl methyl sites for hydroxylation is 1. The smallest absolute Gasteiger partial charge is 0.407 e. The first-order valence-electron chi connectivity index (χ1n) is 13.6. The van der Waals surface area contributed by atoms with Crippen LogP contribution >= 0.6 is 0 Å². The van der Waals surface area contributed by atoms with Crippen molar-refractivity contribution >= 4 is 23.7 Å². The number of hydrogen-bond acceptors (Lipinski definition) is 6. The summed E-state index contributed by atoms with van der Waals surface area (Å²) in [6, 6.07) is 13.1. The first-order chi connectivity index (χ1) is 18.7. The lowest BCUT2D eigenvalue weighted by atomic mass is 9.86. The van der Waals surface area contributed by atoms with Gasteiger partial charge in [-0.3, -0.25) is 9.69 Å². The number of carboxylic acid groups (broad SMARTS) is 1. The fraction of sp³-hybridized carbons (Fsp3) is 0.500. The molecule has 2 aromatic rings. The molecule has 4 rings (SSSR count). The summed E-state index contributed by atoms with van der Waals surface area (Å²) in [4.78, 5) is 42.0. The maximum absolute atomic E-state index is 13.3. The van der Waals surface area contributed by atoms with Gasteiger partial charge in [-0.15, -0.1) is 0 Å². The molecule has 0 radical (unpaired) electrons. The van der Waals surface area contributed by atoms with Crippen LogP contribution in [0.5, 0.6) is 5.75 Å². The first-order valence-corrected chi connectivity index (χ1v) is 13.6. The molecule has 0 aromatic heterocycles. The second-order valence-electron chi connectivity index (χ2n) is 10.7. The van der Waals surface area contributed by atoms with Crippen molar-refractivity contribution in [3.8, 4) is 5.75 Å². The van der Waals surface area contributed by atoms with E-state index >= 15 is 0 Å². The second-order valence-corrected chi connectivity index (χ2v) is 10.7. The number of hydrogen-bond donors (Lipinski definition) is 1. The monoisotopic (exact) mass is 537 g/mol. The highest BCUT2D eigenvalue weighted by Gasteiger charge is 2.30. The topological polar surface area (TPSA) is 99.6 Å².